The van der Waals surface area contributed by atoms with Gasteiger partial charge < -0.3 is 19.5 Å². The van der Waals surface area contributed by atoms with Crippen LogP contribution in [0.4, 0.5) is 0 Å². The Labute approximate surface area is 112 Å². The Hall–Kier alpha value is -0.160. The van der Waals surface area contributed by atoms with Gasteiger partial charge in [0.05, 0.1) is 11.7 Å². The number of hydrogen-bond acceptors (Lipinski definition) is 4. The first-order valence-corrected chi connectivity index (χ1v) is 6.97. The number of nitrogens with one attached hydrogen (secondary N) is 1. The smallest absolute Gasteiger partial charge is 0.0671 e. The van der Waals surface area contributed by atoms with Crippen molar-refractivity contribution in [2.24, 2.45) is 0 Å². The topological polar surface area (TPSA) is 39.7 Å². The molecule has 0 bridgehead atoms. The summed E-state index contributed by atoms with van der Waals surface area (Å²) in [5.41, 5.74) is -0.0926. The molecular formula is C14H31NO3. The second-order valence-corrected chi connectivity index (χ2v) is 5.15. The van der Waals surface area contributed by atoms with E-state index in [0.717, 1.165) is 45.8 Å². The quantitative estimate of drug-likeness (QED) is 0.547. The van der Waals surface area contributed by atoms with Gasteiger partial charge in [0.2, 0.25) is 0 Å². The van der Waals surface area contributed by atoms with E-state index in [1.54, 1.807) is 7.11 Å². The van der Waals surface area contributed by atoms with Gasteiger partial charge in [-0.05, 0) is 47.1 Å². The van der Waals surface area contributed by atoms with E-state index in [1.165, 1.54) is 0 Å². The van der Waals surface area contributed by atoms with E-state index in [0.29, 0.717) is 0 Å². The van der Waals surface area contributed by atoms with E-state index in [4.69, 9.17) is 14.2 Å². The molecule has 1 atom stereocenters. The van der Waals surface area contributed by atoms with Gasteiger partial charge in [0.1, 0.15) is 0 Å². The van der Waals surface area contributed by atoms with E-state index in [9.17, 15) is 0 Å². The summed E-state index contributed by atoms with van der Waals surface area (Å²) in [6.07, 6.45) is 2.21. The monoisotopic (exact) mass is 261 g/mol. The first-order valence-electron chi connectivity index (χ1n) is 6.97. The van der Waals surface area contributed by atoms with Crippen LogP contribution in [0.3, 0.4) is 0 Å². The molecule has 1 unspecified atom stereocenters. The Balaban J connectivity index is 3.35. The van der Waals surface area contributed by atoms with Crippen molar-refractivity contribution in [3.05, 3.63) is 0 Å². The molecule has 0 aliphatic carbocycles. The van der Waals surface area contributed by atoms with Gasteiger partial charge in [0.15, 0.2) is 0 Å². The molecule has 18 heavy (non-hydrogen) atoms. The Morgan fingerprint density at radius 3 is 2.56 bits per heavy atom. The van der Waals surface area contributed by atoms with Crippen LogP contribution >= 0.6 is 0 Å². The van der Waals surface area contributed by atoms with Crippen LogP contribution in [-0.4, -0.2) is 51.7 Å². The second kappa shape index (κ2) is 10.7. The molecule has 4 heteroatoms. The highest BCUT2D eigenvalue weighted by molar-refractivity contribution is 4.67. The lowest BCUT2D eigenvalue weighted by Crippen LogP contribution is -2.30. The second-order valence-electron chi connectivity index (χ2n) is 5.15. The third kappa shape index (κ3) is 11.0. The van der Waals surface area contributed by atoms with Crippen LogP contribution in [0.25, 0.3) is 0 Å². The molecule has 0 aliphatic rings. The number of hydrogen-bond donors (Lipinski definition) is 1. The van der Waals surface area contributed by atoms with Crippen LogP contribution < -0.4 is 5.32 Å². The summed E-state index contributed by atoms with van der Waals surface area (Å²) in [5, 5.41) is 3.37. The van der Waals surface area contributed by atoms with Gasteiger partial charge in [-0.2, -0.15) is 0 Å². The van der Waals surface area contributed by atoms with E-state index in [2.05, 4.69) is 26.1 Å². The fraction of sp³-hybridized carbons (Fsp3) is 1.00. The molecule has 0 spiro atoms. The van der Waals surface area contributed by atoms with Gasteiger partial charge in [-0.3, -0.25) is 0 Å². The number of methoxy groups -OCH3 is 1. The van der Waals surface area contributed by atoms with Crippen LogP contribution in [0.15, 0.2) is 0 Å². The first kappa shape index (κ1) is 17.8. The molecule has 1 N–H and O–H groups in total. The van der Waals surface area contributed by atoms with E-state index < -0.39 is 0 Å². The standard InChI is InChI=1S/C14H31NO3/c1-6-17-10-7-9-15-12-13(2)18-11-8-14(3,4)16-5/h13,15H,6-12H2,1-5H3. The van der Waals surface area contributed by atoms with Crippen molar-refractivity contribution in [3.63, 3.8) is 0 Å². The summed E-state index contributed by atoms with van der Waals surface area (Å²) in [6, 6.07) is 0. The van der Waals surface area contributed by atoms with E-state index in [-0.39, 0.29) is 11.7 Å². The molecule has 0 aromatic heterocycles. The molecule has 0 aromatic carbocycles. The minimum Gasteiger partial charge on any atom is -0.382 e. The molecule has 0 rings (SSSR count). The van der Waals surface area contributed by atoms with Gasteiger partial charge in [-0.1, -0.05) is 0 Å². The number of ether oxygens (including phenoxy) is 3. The van der Waals surface area contributed by atoms with E-state index >= 15 is 0 Å². The number of rotatable bonds is 12. The Morgan fingerprint density at radius 2 is 1.94 bits per heavy atom. The van der Waals surface area contributed by atoms with Crippen LogP contribution in [0.2, 0.25) is 0 Å². The maximum Gasteiger partial charge on any atom is 0.0671 e. The van der Waals surface area contributed by atoms with Crippen LogP contribution in [-0.2, 0) is 14.2 Å². The molecule has 0 amide bonds. The third-order valence-corrected chi connectivity index (χ3v) is 2.94. The zero-order valence-electron chi connectivity index (χ0n) is 12.8. The summed E-state index contributed by atoms with van der Waals surface area (Å²) in [7, 11) is 1.74. The van der Waals surface area contributed by atoms with Crippen molar-refractivity contribution in [1.82, 2.24) is 5.32 Å². The highest BCUT2D eigenvalue weighted by atomic mass is 16.5. The van der Waals surface area contributed by atoms with Gasteiger partial charge in [-0.25, -0.2) is 0 Å². The normalized spacial score (nSPS) is 13.8. The zero-order valence-corrected chi connectivity index (χ0v) is 12.8. The summed E-state index contributed by atoms with van der Waals surface area (Å²) in [5.74, 6) is 0. The predicted octanol–water partition coefficient (Wildman–Crippen LogP) is 2.22. The highest BCUT2D eigenvalue weighted by Crippen LogP contribution is 2.12. The lowest BCUT2D eigenvalue weighted by Gasteiger charge is -2.23. The van der Waals surface area contributed by atoms with E-state index in [1.807, 2.05) is 6.92 Å². The molecule has 0 fully saturated rings. The SMILES string of the molecule is CCOCCCNCC(C)OCCC(C)(C)OC. The lowest BCUT2D eigenvalue weighted by molar-refractivity contribution is -0.0230. The third-order valence-electron chi connectivity index (χ3n) is 2.94. The molecule has 0 aromatic rings. The van der Waals surface area contributed by atoms with Crippen LogP contribution in [0.5, 0.6) is 0 Å². The van der Waals surface area contributed by atoms with Crippen molar-refractivity contribution in [1.29, 1.82) is 0 Å². The molecule has 4 nitrogen and oxygen atoms in total. The zero-order chi connectivity index (χ0) is 13.9. The minimum atomic E-state index is -0.0926. The average molecular weight is 261 g/mol. The van der Waals surface area contributed by atoms with Crippen molar-refractivity contribution < 1.29 is 14.2 Å². The van der Waals surface area contributed by atoms with Crippen molar-refractivity contribution in [3.8, 4) is 0 Å². The summed E-state index contributed by atoms with van der Waals surface area (Å²) in [6.45, 7) is 12.5. The van der Waals surface area contributed by atoms with Crippen LogP contribution in [0, 0.1) is 0 Å². The molecule has 110 valence electrons. The summed E-state index contributed by atoms with van der Waals surface area (Å²) >= 11 is 0. The summed E-state index contributed by atoms with van der Waals surface area (Å²) in [4.78, 5) is 0. The Morgan fingerprint density at radius 1 is 1.22 bits per heavy atom. The van der Waals surface area contributed by atoms with Crippen molar-refractivity contribution >= 4 is 0 Å². The van der Waals surface area contributed by atoms with Gasteiger partial charge >= 0.3 is 0 Å². The van der Waals surface area contributed by atoms with Gasteiger partial charge in [0.25, 0.3) is 0 Å². The molecule has 0 aliphatic heterocycles. The maximum absolute atomic E-state index is 5.73. The molecule has 0 heterocycles. The van der Waals surface area contributed by atoms with Crippen molar-refractivity contribution in [2.45, 2.75) is 52.2 Å². The Bertz CT molecular complexity index is 186. The highest BCUT2D eigenvalue weighted by Gasteiger charge is 2.16. The molecule has 0 saturated heterocycles. The molecule has 0 saturated carbocycles. The minimum absolute atomic E-state index is 0.0926. The average Bonchev–Trinajstić information content (AvgIpc) is 2.33. The predicted molar refractivity (Wildman–Crippen MR) is 75.1 cm³/mol. The lowest BCUT2D eigenvalue weighted by atomic mass is 10.1. The molecular weight excluding hydrogens is 230 g/mol. The van der Waals surface area contributed by atoms with Crippen LogP contribution in [0.1, 0.15) is 40.5 Å². The molecule has 0 radical (unpaired) electrons. The maximum atomic E-state index is 5.73. The van der Waals surface area contributed by atoms with Crippen molar-refractivity contribution in [2.75, 3.05) is 40.0 Å². The van der Waals surface area contributed by atoms with Gasteiger partial charge in [-0.15, -0.1) is 0 Å². The Kier molecular flexibility index (Phi) is 10.6. The fourth-order valence-electron chi connectivity index (χ4n) is 1.42. The van der Waals surface area contributed by atoms with Gasteiger partial charge in [0, 0.05) is 33.5 Å². The summed E-state index contributed by atoms with van der Waals surface area (Å²) < 4.78 is 16.3. The largest absolute Gasteiger partial charge is 0.382 e. The fourth-order valence-corrected chi connectivity index (χ4v) is 1.42. The first-order chi connectivity index (χ1) is 8.52.